The van der Waals surface area contributed by atoms with Gasteiger partial charge >= 0.3 is 119 Å². The molecule has 0 aliphatic rings. The minimum absolute atomic E-state index is 0.0295. The molecule has 0 saturated carbocycles. The smallest absolute Gasteiger partial charge is 0.347 e. The summed E-state index contributed by atoms with van der Waals surface area (Å²) >= 11 is 0. The topological polar surface area (TPSA) is 535 Å². The molecule has 14 unspecified atom stereocenters. The molecule has 0 spiro atoms. The molecular formula is C66H98O41. The summed E-state index contributed by atoms with van der Waals surface area (Å²) in [6.45, 7) is 25.3. The first-order valence-corrected chi connectivity index (χ1v) is 32.7. The van der Waals surface area contributed by atoms with E-state index in [0.717, 1.165) is 41.5 Å². The number of hydrogen-bond donors (Lipinski definition) is 0. The zero-order chi connectivity index (χ0) is 83.3. The summed E-state index contributed by atoms with van der Waals surface area (Å²) < 4.78 is 102. The lowest BCUT2D eigenvalue weighted by Crippen LogP contribution is -2.43. The molecule has 41 nitrogen and oxygen atoms in total. The molecule has 0 aliphatic heterocycles. The van der Waals surface area contributed by atoms with Crippen LogP contribution in [0.5, 0.6) is 0 Å². The number of carbonyl (C=O) groups excluding carboxylic acids is 20. The summed E-state index contributed by atoms with van der Waals surface area (Å²) in [6, 6.07) is 0. The number of carbonyl (C=O) groups is 20. The second-order valence-electron chi connectivity index (χ2n) is 22.5. The van der Waals surface area contributed by atoms with Crippen molar-refractivity contribution in [1.29, 1.82) is 0 Å². The van der Waals surface area contributed by atoms with Gasteiger partial charge in [0.15, 0.2) is 85.5 Å². The van der Waals surface area contributed by atoms with E-state index in [-0.39, 0.29) is 39.5 Å². The second-order valence-corrected chi connectivity index (χ2v) is 22.5. The van der Waals surface area contributed by atoms with E-state index in [0.29, 0.717) is 0 Å². The Balaban J connectivity index is -0.00000160. The highest BCUT2D eigenvalue weighted by molar-refractivity contribution is 5.88. The van der Waals surface area contributed by atoms with Crippen LogP contribution in [0.4, 0.5) is 0 Å². The Morgan fingerprint density at radius 1 is 0.206 bits per heavy atom. The molecule has 608 valence electrons. The summed E-state index contributed by atoms with van der Waals surface area (Å²) in [5.41, 5.74) is -1.45. The first-order chi connectivity index (χ1) is 49.5. The van der Waals surface area contributed by atoms with Crippen molar-refractivity contribution in [3.63, 3.8) is 0 Å². The Morgan fingerprint density at radius 3 is 0.514 bits per heavy atom. The Labute approximate surface area is 615 Å². The van der Waals surface area contributed by atoms with E-state index in [1.807, 2.05) is 0 Å². The monoisotopic (exact) mass is 1550 g/mol. The van der Waals surface area contributed by atoms with Crippen LogP contribution in [0.3, 0.4) is 0 Å². The average Bonchev–Trinajstić information content (AvgIpc) is 0.848. The van der Waals surface area contributed by atoms with E-state index in [1.165, 1.54) is 96.9 Å². The highest BCUT2D eigenvalue weighted by Crippen LogP contribution is 2.26. The van der Waals surface area contributed by atoms with Crippen molar-refractivity contribution in [3.05, 3.63) is 0 Å². The molecule has 0 heterocycles. The molecule has 0 saturated heterocycles. The van der Waals surface area contributed by atoms with Gasteiger partial charge in [-0.3, -0.25) is 28.8 Å². The van der Waals surface area contributed by atoms with Gasteiger partial charge in [-0.2, -0.15) is 0 Å². The van der Waals surface area contributed by atoms with Crippen molar-refractivity contribution < 1.29 is 195 Å². The highest BCUT2D eigenvalue weighted by atomic mass is 16.7. The Hall–Kier alpha value is -10.6. The van der Waals surface area contributed by atoms with Crippen molar-refractivity contribution >= 4 is 119 Å². The standard InChI is InChI=1S/C30H44O18.C20H30O13.C16H24O10/c1-11-30(12-40-24(34)15(2)46-27(37)18(5)43-21(8)31,13-41-25(35)16(3)47-28(38)19(6)44-22(9)32)14-42-26(36)17(4)48-29(39)20(7)45-23(10)33;1-11(32-19(25)13(3)30-15(5)21)17(23)28-9-7-27-8-10-29-18(24)12(2)33-20(26)14(4)31-16(6)22;1-7-22-13(18)8(2)24-15(20)10(4)26-16(21)11(5)25-14(19)9(3)23-12(6)17/h15-20H,11-14H2,1-10H3;11-14H,7-10H2,1-6H3;8-11H,7H2,1-6H3. The summed E-state index contributed by atoms with van der Waals surface area (Å²) in [5, 5.41) is 0. The maximum atomic E-state index is 12.7. The number of ether oxygens (including phenoxy) is 21. The fourth-order valence-electron chi connectivity index (χ4n) is 6.78. The Bertz CT molecular complexity index is 2840. The molecule has 0 aromatic carbocycles. The van der Waals surface area contributed by atoms with E-state index in [4.69, 9.17) is 80.5 Å². The zero-order valence-electron chi connectivity index (χ0n) is 63.7. The maximum absolute atomic E-state index is 12.7. The van der Waals surface area contributed by atoms with Gasteiger partial charge in [0.2, 0.25) is 0 Å². The molecule has 0 amide bonds. The quantitative estimate of drug-likeness (QED) is 0.0463. The van der Waals surface area contributed by atoms with Gasteiger partial charge in [0, 0.05) is 41.5 Å². The number of rotatable bonds is 42. The molecule has 0 fully saturated rings. The lowest BCUT2D eigenvalue weighted by Gasteiger charge is -2.32. The van der Waals surface area contributed by atoms with Crippen molar-refractivity contribution in [2.75, 3.05) is 52.9 Å². The van der Waals surface area contributed by atoms with E-state index >= 15 is 0 Å². The first-order valence-electron chi connectivity index (χ1n) is 32.7. The predicted molar refractivity (Wildman–Crippen MR) is 347 cm³/mol. The normalized spacial score (nSPS) is 14.9. The Morgan fingerprint density at radius 2 is 0.355 bits per heavy atom. The summed E-state index contributed by atoms with van der Waals surface area (Å²) in [6.07, 6.45) is -18.1. The molecule has 14 atom stereocenters. The van der Waals surface area contributed by atoms with Gasteiger partial charge in [-0.15, -0.1) is 0 Å². The lowest BCUT2D eigenvalue weighted by molar-refractivity contribution is -0.185. The molecule has 0 radical (unpaired) electrons. The van der Waals surface area contributed by atoms with Gasteiger partial charge in [0.25, 0.3) is 0 Å². The van der Waals surface area contributed by atoms with Gasteiger partial charge in [-0.25, -0.2) is 67.1 Å². The first kappa shape index (κ1) is 101. The minimum atomic E-state index is -1.48. The van der Waals surface area contributed by atoms with Crippen molar-refractivity contribution in [3.8, 4) is 0 Å². The van der Waals surface area contributed by atoms with Gasteiger partial charge in [0.05, 0.1) is 25.2 Å². The third-order valence-electron chi connectivity index (χ3n) is 12.6. The molecule has 107 heavy (non-hydrogen) atoms. The van der Waals surface area contributed by atoms with Crippen LogP contribution in [-0.4, -0.2) is 258 Å². The van der Waals surface area contributed by atoms with Gasteiger partial charge in [-0.05, 0) is 110 Å². The van der Waals surface area contributed by atoms with Crippen LogP contribution < -0.4 is 0 Å². The number of hydrogen-bond acceptors (Lipinski definition) is 41. The molecule has 0 bridgehead atoms. The molecule has 0 rings (SSSR count). The SMILES string of the molecule is CC(=O)OC(C)C(=O)OC(C)C(=O)OCCOCCOC(=O)C(C)OC(=O)C(C)OC(C)=O.CCC(COC(=O)C(C)OC(=O)C(C)OC(C)=O)(COC(=O)C(C)OC(=O)C(C)OC(C)=O)COC(=O)C(C)OC(=O)C(C)OC(C)=O.CCOC(=O)C(C)OC(=O)C(C)OC(=O)C(C)OC(=O)C(C)OC(C)=O. The van der Waals surface area contributed by atoms with E-state index < -0.39 is 230 Å². The second kappa shape index (κ2) is 52.3. The van der Waals surface area contributed by atoms with Crippen LogP contribution >= 0.6 is 0 Å². The largest absolute Gasteiger partial charge is 0.463 e. The summed E-state index contributed by atoms with van der Waals surface area (Å²) in [7, 11) is 0. The lowest BCUT2D eigenvalue weighted by atomic mass is 9.88. The van der Waals surface area contributed by atoms with Crippen LogP contribution in [0.15, 0.2) is 0 Å². The average molecular weight is 1550 g/mol. The van der Waals surface area contributed by atoms with Crippen LogP contribution in [0, 0.1) is 5.41 Å². The predicted octanol–water partition coefficient (Wildman–Crippen LogP) is 0.815. The molecule has 41 heteroatoms. The number of esters is 20. The van der Waals surface area contributed by atoms with Crippen LogP contribution in [0.2, 0.25) is 0 Å². The zero-order valence-corrected chi connectivity index (χ0v) is 63.7. The van der Waals surface area contributed by atoms with Crippen molar-refractivity contribution in [2.24, 2.45) is 5.41 Å². The molecule has 0 aromatic heterocycles. The molecule has 0 N–H and O–H groups in total. The third-order valence-corrected chi connectivity index (χ3v) is 12.6. The fourth-order valence-corrected chi connectivity index (χ4v) is 6.78. The minimum Gasteiger partial charge on any atom is -0.463 e. The molecule has 0 aliphatic carbocycles. The van der Waals surface area contributed by atoms with E-state index in [2.05, 4.69) is 18.9 Å². The fraction of sp³-hybridized carbons (Fsp3) is 0.697. The third kappa shape index (κ3) is 45.4. The van der Waals surface area contributed by atoms with Gasteiger partial charge in [0.1, 0.15) is 33.0 Å². The van der Waals surface area contributed by atoms with Crippen molar-refractivity contribution in [2.45, 2.75) is 244 Å². The maximum Gasteiger partial charge on any atom is 0.347 e. The van der Waals surface area contributed by atoms with Crippen LogP contribution in [0.1, 0.15) is 159 Å². The molecular weight excluding hydrogens is 1450 g/mol. The highest BCUT2D eigenvalue weighted by Gasteiger charge is 2.39. The summed E-state index contributed by atoms with van der Waals surface area (Å²) in [4.78, 5) is 234. The molecule has 0 aromatic rings. The van der Waals surface area contributed by atoms with E-state index in [1.54, 1.807) is 13.8 Å². The van der Waals surface area contributed by atoms with Gasteiger partial charge < -0.3 is 99.5 Å². The van der Waals surface area contributed by atoms with Gasteiger partial charge in [-0.1, -0.05) is 6.92 Å². The Kier molecular flexibility index (Phi) is 49.2. The van der Waals surface area contributed by atoms with E-state index in [9.17, 15) is 95.9 Å². The van der Waals surface area contributed by atoms with Crippen LogP contribution in [-0.2, 0) is 195 Å². The summed E-state index contributed by atoms with van der Waals surface area (Å²) in [5.74, 6) is -17.6. The van der Waals surface area contributed by atoms with Crippen molar-refractivity contribution in [1.82, 2.24) is 0 Å². The van der Waals surface area contributed by atoms with Crippen LogP contribution in [0.25, 0.3) is 0 Å².